The molecule has 2 atom stereocenters. The highest BCUT2D eigenvalue weighted by Gasteiger charge is 2.37. The molecule has 2 heterocycles. The van der Waals surface area contributed by atoms with Gasteiger partial charge >= 0.3 is 5.97 Å². The second-order valence-corrected chi connectivity index (χ2v) is 5.30. The van der Waals surface area contributed by atoms with Gasteiger partial charge in [-0.25, -0.2) is 4.98 Å². The van der Waals surface area contributed by atoms with Crippen LogP contribution in [0.3, 0.4) is 0 Å². The van der Waals surface area contributed by atoms with Gasteiger partial charge in [0.05, 0.1) is 6.54 Å². The molecule has 1 aromatic heterocycles. The van der Waals surface area contributed by atoms with Gasteiger partial charge < -0.3 is 10.4 Å². The normalized spacial score (nSPS) is 24.1. The maximum atomic E-state index is 11.8. The molecule has 98 valence electrons. The van der Waals surface area contributed by atoms with E-state index in [1.807, 2.05) is 6.92 Å². The van der Waals surface area contributed by atoms with Crippen molar-refractivity contribution in [3.05, 3.63) is 11.6 Å². The van der Waals surface area contributed by atoms with Crippen LogP contribution in [0.2, 0.25) is 0 Å². The first-order chi connectivity index (χ1) is 8.58. The first-order valence-electron chi connectivity index (χ1n) is 5.74. The van der Waals surface area contributed by atoms with E-state index >= 15 is 0 Å². The van der Waals surface area contributed by atoms with E-state index < -0.39 is 12.0 Å². The Bertz CT molecular complexity index is 435. The monoisotopic (exact) mass is 269 g/mol. The zero-order valence-corrected chi connectivity index (χ0v) is 10.8. The molecule has 1 amide bonds. The van der Waals surface area contributed by atoms with Gasteiger partial charge in [0.1, 0.15) is 6.04 Å². The van der Waals surface area contributed by atoms with E-state index in [1.165, 1.54) is 11.3 Å². The van der Waals surface area contributed by atoms with Crippen molar-refractivity contribution in [3.63, 3.8) is 0 Å². The lowest BCUT2D eigenvalue weighted by molar-refractivity contribution is -0.143. The van der Waals surface area contributed by atoms with Crippen LogP contribution in [0.5, 0.6) is 0 Å². The zero-order chi connectivity index (χ0) is 13.1. The molecular weight excluding hydrogens is 254 g/mol. The quantitative estimate of drug-likeness (QED) is 0.847. The van der Waals surface area contributed by atoms with Gasteiger partial charge in [-0.3, -0.25) is 14.5 Å². The van der Waals surface area contributed by atoms with Crippen molar-refractivity contribution in [1.29, 1.82) is 0 Å². The molecule has 1 fully saturated rings. The Hall–Kier alpha value is -1.47. The molecule has 0 bridgehead atoms. The number of thiazole rings is 1. The van der Waals surface area contributed by atoms with Crippen LogP contribution in [0.25, 0.3) is 0 Å². The maximum absolute atomic E-state index is 11.8. The lowest BCUT2D eigenvalue weighted by Gasteiger charge is -2.22. The third-order valence-corrected chi connectivity index (χ3v) is 3.77. The minimum absolute atomic E-state index is 0.0789. The average molecular weight is 269 g/mol. The van der Waals surface area contributed by atoms with Crippen molar-refractivity contribution in [2.24, 2.45) is 5.92 Å². The third-order valence-electron chi connectivity index (χ3n) is 3.08. The number of nitrogens with zero attached hydrogens (tertiary/aromatic N) is 2. The van der Waals surface area contributed by atoms with Crippen molar-refractivity contribution in [3.8, 4) is 0 Å². The summed E-state index contributed by atoms with van der Waals surface area (Å²) in [5, 5.41) is 14.1. The van der Waals surface area contributed by atoms with Gasteiger partial charge in [-0.1, -0.05) is 6.92 Å². The molecule has 6 nitrogen and oxygen atoms in total. The van der Waals surface area contributed by atoms with E-state index in [0.29, 0.717) is 11.7 Å². The van der Waals surface area contributed by atoms with Crippen LogP contribution < -0.4 is 5.32 Å². The number of carboxylic acid groups (broad SMARTS) is 1. The van der Waals surface area contributed by atoms with Crippen LogP contribution in [0.1, 0.15) is 13.3 Å². The molecule has 0 saturated carbocycles. The van der Waals surface area contributed by atoms with Crippen LogP contribution in [0.15, 0.2) is 11.6 Å². The molecule has 7 heteroatoms. The van der Waals surface area contributed by atoms with Gasteiger partial charge in [0.2, 0.25) is 5.91 Å². The lowest BCUT2D eigenvalue weighted by atomic mass is 10.0. The molecule has 0 aromatic carbocycles. The molecular formula is C11H15N3O3S. The van der Waals surface area contributed by atoms with E-state index in [1.54, 1.807) is 16.5 Å². The molecule has 2 rings (SSSR count). The van der Waals surface area contributed by atoms with Crippen molar-refractivity contribution in [1.82, 2.24) is 9.88 Å². The second kappa shape index (κ2) is 5.45. The van der Waals surface area contributed by atoms with Crippen molar-refractivity contribution < 1.29 is 14.7 Å². The van der Waals surface area contributed by atoms with Gasteiger partial charge in [0, 0.05) is 11.6 Å². The number of nitrogens with one attached hydrogen (secondary N) is 1. The topological polar surface area (TPSA) is 82.5 Å². The highest BCUT2D eigenvalue weighted by Crippen LogP contribution is 2.23. The van der Waals surface area contributed by atoms with E-state index in [-0.39, 0.29) is 18.4 Å². The van der Waals surface area contributed by atoms with E-state index in [2.05, 4.69) is 10.3 Å². The van der Waals surface area contributed by atoms with Crippen LogP contribution in [0.4, 0.5) is 5.13 Å². The van der Waals surface area contributed by atoms with Crippen LogP contribution in [0, 0.1) is 5.92 Å². The Labute approximate surface area is 109 Å². The Balaban J connectivity index is 1.92. The molecule has 18 heavy (non-hydrogen) atoms. The largest absolute Gasteiger partial charge is 0.480 e. The van der Waals surface area contributed by atoms with Crippen LogP contribution in [-0.2, 0) is 9.59 Å². The lowest BCUT2D eigenvalue weighted by Crippen LogP contribution is -2.43. The summed E-state index contributed by atoms with van der Waals surface area (Å²) < 4.78 is 0. The first kappa shape index (κ1) is 13.0. The number of amides is 1. The zero-order valence-electron chi connectivity index (χ0n) is 10.00. The molecule has 1 aliphatic rings. The summed E-state index contributed by atoms with van der Waals surface area (Å²) in [7, 11) is 0. The summed E-state index contributed by atoms with van der Waals surface area (Å²) in [6.07, 6.45) is 2.42. The predicted molar refractivity (Wildman–Crippen MR) is 67.5 cm³/mol. The predicted octanol–water partition coefficient (Wildman–Crippen LogP) is 0.877. The number of likely N-dealkylation sites (tertiary alicyclic amines) is 1. The van der Waals surface area contributed by atoms with Gasteiger partial charge in [-0.15, -0.1) is 11.3 Å². The minimum Gasteiger partial charge on any atom is -0.480 e. The molecule has 2 unspecified atom stereocenters. The Morgan fingerprint density at radius 3 is 3.06 bits per heavy atom. The molecule has 0 aliphatic carbocycles. The Kier molecular flexibility index (Phi) is 3.93. The Morgan fingerprint density at radius 2 is 2.44 bits per heavy atom. The van der Waals surface area contributed by atoms with Crippen molar-refractivity contribution in [2.75, 3.05) is 18.4 Å². The van der Waals surface area contributed by atoms with Crippen LogP contribution in [-0.4, -0.2) is 46.0 Å². The highest BCUT2D eigenvalue weighted by atomic mass is 32.1. The maximum Gasteiger partial charge on any atom is 0.321 e. The summed E-state index contributed by atoms with van der Waals surface area (Å²) in [5.74, 6) is -0.998. The number of rotatable bonds is 4. The fourth-order valence-electron chi connectivity index (χ4n) is 2.23. The van der Waals surface area contributed by atoms with Crippen LogP contribution >= 0.6 is 11.3 Å². The standard InChI is InChI=1S/C11H15N3O3S/c1-7-2-4-14(9(7)10(16)17)6-8(15)13-11-12-3-5-18-11/h3,5,7,9H,2,4,6H2,1H3,(H,16,17)(H,12,13,15). The van der Waals surface area contributed by atoms with E-state index in [0.717, 1.165) is 6.42 Å². The molecule has 0 spiro atoms. The smallest absolute Gasteiger partial charge is 0.321 e. The highest BCUT2D eigenvalue weighted by molar-refractivity contribution is 7.13. The van der Waals surface area contributed by atoms with Crippen molar-refractivity contribution in [2.45, 2.75) is 19.4 Å². The molecule has 1 aliphatic heterocycles. The number of carbonyl (C=O) groups is 2. The van der Waals surface area contributed by atoms with Gasteiger partial charge in [-0.2, -0.15) is 0 Å². The summed E-state index contributed by atoms with van der Waals surface area (Å²) in [4.78, 5) is 28.6. The summed E-state index contributed by atoms with van der Waals surface area (Å²) >= 11 is 1.34. The van der Waals surface area contributed by atoms with E-state index in [4.69, 9.17) is 5.11 Å². The number of hydrogen-bond donors (Lipinski definition) is 2. The first-order valence-corrected chi connectivity index (χ1v) is 6.62. The SMILES string of the molecule is CC1CCN(CC(=O)Nc2nccs2)C1C(=O)O. The summed E-state index contributed by atoms with van der Waals surface area (Å²) in [5.41, 5.74) is 0. The fraction of sp³-hybridized carbons (Fsp3) is 0.545. The number of aliphatic carboxylic acids is 1. The van der Waals surface area contributed by atoms with E-state index in [9.17, 15) is 9.59 Å². The van der Waals surface area contributed by atoms with Crippen molar-refractivity contribution >= 4 is 28.3 Å². The van der Waals surface area contributed by atoms with Gasteiger partial charge in [0.15, 0.2) is 5.13 Å². The fourth-order valence-corrected chi connectivity index (χ4v) is 2.78. The molecule has 1 aromatic rings. The Morgan fingerprint density at radius 1 is 1.67 bits per heavy atom. The van der Waals surface area contributed by atoms with Gasteiger partial charge in [0.25, 0.3) is 0 Å². The minimum atomic E-state index is -0.859. The summed E-state index contributed by atoms with van der Waals surface area (Å²) in [6.45, 7) is 2.64. The third kappa shape index (κ3) is 2.85. The average Bonchev–Trinajstić information content (AvgIpc) is 2.88. The second-order valence-electron chi connectivity index (χ2n) is 4.40. The molecule has 0 radical (unpaired) electrons. The number of anilines is 1. The summed E-state index contributed by atoms with van der Waals surface area (Å²) in [6, 6.07) is -0.563. The number of aromatic nitrogens is 1. The number of carboxylic acids is 1. The molecule has 2 N–H and O–H groups in total. The van der Waals surface area contributed by atoms with Gasteiger partial charge in [-0.05, 0) is 18.9 Å². The number of carbonyl (C=O) groups excluding carboxylic acids is 1. The molecule has 1 saturated heterocycles. The number of hydrogen-bond acceptors (Lipinski definition) is 5.